The molecule has 2 N–H and O–H groups in total. The van der Waals surface area contributed by atoms with Crippen molar-refractivity contribution in [3.05, 3.63) is 24.3 Å². The summed E-state index contributed by atoms with van der Waals surface area (Å²) >= 11 is 0. The number of hydrogen-bond acceptors (Lipinski definition) is 2. The Balaban J connectivity index is 1.99. The van der Waals surface area contributed by atoms with Crippen LogP contribution in [0.15, 0.2) is 24.3 Å². The summed E-state index contributed by atoms with van der Waals surface area (Å²) in [6.07, 6.45) is 3.13. The summed E-state index contributed by atoms with van der Waals surface area (Å²) in [6, 6.07) is 6.62. The van der Waals surface area contributed by atoms with Gasteiger partial charge >= 0.3 is 0 Å². The standard InChI is InChI=1S/C11H13NO2/c13-10-6-2-5-9(7-10)12-11(14)8-3-1-4-8/h2,5-8,13H,1,3-4H2,(H,12,14). The van der Waals surface area contributed by atoms with Crippen molar-refractivity contribution in [1.82, 2.24) is 0 Å². The highest BCUT2D eigenvalue weighted by molar-refractivity contribution is 5.93. The minimum atomic E-state index is 0.0712. The Hall–Kier alpha value is -1.51. The van der Waals surface area contributed by atoms with Crippen LogP contribution in [0, 0.1) is 5.92 Å². The van der Waals surface area contributed by atoms with Gasteiger partial charge in [0.05, 0.1) is 0 Å². The number of hydrogen-bond donors (Lipinski definition) is 2. The molecule has 1 aliphatic rings. The lowest BCUT2D eigenvalue weighted by Gasteiger charge is -2.23. The molecule has 1 amide bonds. The Morgan fingerprint density at radius 3 is 2.79 bits per heavy atom. The first-order chi connectivity index (χ1) is 6.75. The number of phenols is 1. The van der Waals surface area contributed by atoms with Crippen LogP contribution < -0.4 is 5.32 Å². The number of amides is 1. The maximum absolute atomic E-state index is 11.5. The van der Waals surface area contributed by atoms with Crippen LogP contribution in [0.4, 0.5) is 5.69 Å². The van der Waals surface area contributed by atoms with E-state index in [4.69, 9.17) is 0 Å². The Labute approximate surface area is 82.8 Å². The average Bonchev–Trinajstić information content (AvgIpc) is 1.99. The Bertz CT molecular complexity index is 345. The van der Waals surface area contributed by atoms with Gasteiger partial charge in [-0.25, -0.2) is 0 Å². The maximum atomic E-state index is 11.5. The normalized spacial score (nSPS) is 16.0. The topological polar surface area (TPSA) is 49.3 Å². The van der Waals surface area contributed by atoms with E-state index in [0.717, 1.165) is 19.3 Å². The molecule has 0 aliphatic heterocycles. The van der Waals surface area contributed by atoms with E-state index < -0.39 is 0 Å². The molecular formula is C11H13NO2. The van der Waals surface area contributed by atoms with Crippen LogP contribution in [0.3, 0.4) is 0 Å². The molecule has 0 heterocycles. The molecule has 0 radical (unpaired) electrons. The van der Waals surface area contributed by atoms with Gasteiger partial charge in [0, 0.05) is 17.7 Å². The molecule has 74 valence electrons. The van der Waals surface area contributed by atoms with Gasteiger partial charge in [-0.05, 0) is 25.0 Å². The van der Waals surface area contributed by atoms with Crippen molar-refractivity contribution in [2.24, 2.45) is 5.92 Å². The lowest BCUT2D eigenvalue weighted by Crippen LogP contribution is -2.27. The molecule has 3 nitrogen and oxygen atoms in total. The molecule has 2 rings (SSSR count). The molecule has 1 aliphatic carbocycles. The second-order valence-corrected chi connectivity index (χ2v) is 3.67. The SMILES string of the molecule is O=C(Nc1cccc(O)c1)C1CCC1. The van der Waals surface area contributed by atoms with Crippen molar-refractivity contribution >= 4 is 11.6 Å². The molecule has 0 spiro atoms. The highest BCUT2D eigenvalue weighted by Gasteiger charge is 2.24. The molecule has 0 saturated heterocycles. The molecule has 1 aromatic carbocycles. The van der Waals surface area contributed by atoms with Crippen LogP contribution in [0.1, 0.15) is 19.3 Å². The summed E-state index contributed by atoms with van der Waals surface area (Å²) in [7, 11) is 0. The second kappa shape index (κ2) is 3.70. The fraction of sp³-hybridized carbons (Fsp3) is 0.364. The highest BCUT2D eigenvalue weighted by atomic mass is 16.3. The van der Waals surface area contributed by atoms with Crippen LogP contribution in [-0.2, 0) is 4.79 Å². The van der Waals surface area contributed by atoms with Gasteiger partial charge in [-0.3, -0.25) is 4.79 Å². The highest BCUT2D eigenvalue weighted by Crippen LogP contribution is 2.27. The van der Waals surface area contributed by atoms with E-state index in [1.807, 2.05) is 0 Å². The summed E-state index contributed by atoms with van der Waals surface area (Å²) in [5, 5.41) is 12.0. The summed E-state index contributed by atoms with van der Waals surface area (Å²) in [5.41, 5.74) is 0.668. The average molecular weight is 191 g/mol. The summed E-state index contributed by atoms with van der Waals surface area (Å²) < 4.78 is 0. The molecule has 1 fully saturated rings. The van der Waals surface area contributed by atoms with E-state index in [9.17, 15) is 9.90 Å². The predicted octanol–water partition coefficient (Wildman–Crippen LogP) is 2.13. The number of benzene rings is 1. The van der Waals surface area contributed by atoms with Gasteiger partial charge in [0.15, 0.2) is 0 Å². The first-order valence-electron chi connectivity index (χ1n) is 4.85. The first kappa shape index (κ1) is 9.06. The Kier molecular flexibility index (Phi) is 2.39. The smallest absolute Gasteiger partial charge is 0.227 e. The lowest BCUT2D eigenvalue weighted by atomic mass is 9.85. The fourth-order valence-electron chi connectivity index (χ4n) is 1.50. The third-order valence-corrected chi connectivity index (χ3v) is 2.59. The molecular weight excluding hydrogens is 178 g/mol. The zero-order chi connectivity index (χ0) is 9.97. The maximum Gasteiger partial charge on any atom is 0.227 e. The van der Waals surface area contributed by atoms with Crippen molar-refractivity contribution < 1.29 is 9.90 Å². The van der Waals surface area contributed by atoms with E-state index >= 15 is 0 Å². The largest absolute Gasteiger partial charge is 0.508 e. The number of anilines is 1. The van der Waals surface area contributed by atoms with Crippen molar-refractivity contribution in [3.8, 4) is 5.75 Å². The van der Waals surface area contributed by atoms with Gasteiger partial charge in [0.2, 0.25) is 5.91 Å². The van der Waals surface area contributed by atoms with Crippen LogP contribution in [0.2, 0.25) is 0 Å². The molecule has 0 aromatic heterocycles. The zero-order valence-corrected chi connectivity index (χ0v) is 7.86. The molecule has 0 bridgehead atoms. The Morgan fingerprint density at radius 1 is 1.43 bits per heavy atom. The van der Waals surface area contributed by atoms with Crippen molar-refractivity contribution in [2.75, 3.05) is 5.32 Å². The third-order valence-electron chi connectivity index (χ3n) is 2.59. The number of rotatable bonds is 2. The van der Waals surface area contributed by atoms with E-state index in [0.29, 0.717) is 5.69 Å². The van der Waals surface area contributed by atoms with Crippen LogP contribution in [-0.4, -0.2) is 11.0 Å². The van der Waals surface area contributed by atoms with E-state index in [-0.39, 0.29) is 17.6 Å². The van der Waals surface area contributed by atoms with Gasteiger partial charge in [0.1, 0.15) is 5.75 Å². The number of nitrogens with one attached hydrogen (secondary N) is 1. The quantitative estimate of drug-likeness (QED) is 0.752. The van der Waals surface area contributed by atoms with Gasteiger partial charge in [-0.15, -0.1) is 0 Å². The summed E-state index contributed by atoms with van der Waals surface area (Å²) in [6.45, 7) is 0. The number of aromatic hydroxyl groups is 1. The summed E-state index contributed by atoms with van der Waals surface area (Å²) in [5.74, 6) is 0.426. The number of carbonyl (C=O) groups excluding carboxylic acids is 1. The minimum Gasteiger partial charge on any atom is -0.508 e. The third kappa shape index (κ3) is 1.87. The fourth-order valence-corrected chi connectivity index (χ4v) is 1.50. The van der Waals surface area contributed by atoms with Crippen molar-refractivity contribution in [2.45, 2.75) is 19.3 Å². The molecule has 1 aromatic rings. The van der Waals surface area contributed by atoms with Gasteiger partial charge in [-0.2, -0.15) is 0 Å². The van der Waals surface area contributed by atoms with Gasteiger partial charge in [-0.1, -0.05) is 12.5 Å². The number of carbonyl (C=O) groups is 1. The number of phenolic OH excluding ortho intramolecular Hbond substituents is 1. The monoisotopic (exact) mass is 191 g/mol. The molecule has 1 saturated carbocycles. The molecule has 14 heavy (non-hydrogen) atoms. The first-order valence-corrected chi connectivity index (χ1v) is 4.85. The van der Waals surface area contributed by atoms with Crippen molar-refractivity contribution in [1.29, 1.82) is 0 Å². The molecule has 0 unspecified atom stereocenters. The molecule has 3 heteroatoms. The van der Waals surface area contributed by atoms with E-state index in [1.54, 1.807) is 24.3 Å². The zero-order valence-electron chi connectivity index (χ0n) is 7.86. The van der Waals surface area contributed by atoms with Gasteiger partial charge < -0.3 is 10.4 Å². The van der Waals surface area contributed by atoms with Gasteiger partial charge in [0.25, 0.3) is 0 Å². The van der Waals surface area contributed by atoms with E-state index in [2.05, 4.69) is 5.32 Å². The van der Waals surface area contributed by atoms with Crippen LogP contribution >= 0.6 is 0 Å². The van der Waals surface area contributed by atoms with Crippen molar-refractivity contribution in [3.63, 3.8) is 0 Å². The lowest BCUT2D eigenvalue weighted by molar-refractivity contribution is -0.122. The predicted molar refractivity (Wildman–Crippen MR) is 54.1 cm³/mol. The minimum absolute atomic E-state index is 0.0712. The van der Waals surface area contributed by atoms with E-state index in [1.165, 1.54) is 0 Å². The van der Waals surface area contributed by atoms with Crippen LogP contribution in [0.25, 0.3) is 0 Å². The second-order valence-electron chi connectivity index (χ2n) is 3.67. The Morgan fingerprint density at radius 2 is 2.21 bits per heavy atom. The van der Waals surface area contributed by atoms with Crippen LogP contribution in [0.5, 0.6) is 5.75 Å². The summed E-state index contributed by atoms with van der Waals surface area (Å²) in [4.78, 5) is 11.5. The molecule has 0 atom stereocenters.